The van der Waals surface area contributed by atoms with Crippen molar-refractivity contribution in [3.63, 3.8) is 0 Å². The molecule has 1 fully saturated rings. The van der Waals surface area contributed by atoms with Gasteiger partial charge in [-0.15, -0.1) is 0 Å². The molecule has 0 aromatic heterocycles. The van der Waals surface area contributed by atoms with Gasteiger partial charge < -0.3 is 34.1 Å². The van der Waals surface area contributed by atoms with Crippen molar-refractivity contribution in [3.05, 3.63) is 58.8 Å². The number of likely N-dealkylation sites (tertiary alicyclic amines) is 1. The van der Waals surface area contributed by atoms with Crippen molar-refractivity contribution in [2.75, 3.05) is 46.7 Å². The Morgan fingerprint density at radius 3 is 2.42 bits per heavy atom. The molecule has 2 unspecified atom stereocenters. The smallest absolute Gasteiger partial charge is 0.237 e. The minimum Gasteiger partial charge on any atom is -0.391 e. The van der Waals surface area contributed by atoms with Crippen molar-refractivity contribution < 1.29 is 28.5 Å². The molecule has 0 bridgehead atoms. The number of nitrogens with one attached hydrogen (secondary N) is 1. The topological polar surface area (TPSA) is 108 Å². The Bertz CT molecular complexity index is 1150. The average Bonchev–Trinajstić information content (AvgIpc) is 3.56. The van der Waals surface area contributed by atoms with Crippen LogP contribution in [0.3, 0.4) is 0 Å². The molecule has 0 saturated carbocycles. The highest BCUT2D eigenvalue weighted by Crippen LogP contribution is 2.49. The Hall–Kier alpha value is -2.23. The van der Waals surface area contributed by atoms with Gasteiger partial charge in [-0.3, -0.25) is 9.59 Å². The number of carbonyl (C=O) groups excluding carboxylic acids is 3. The predicted molar refractivity (Wildman–Crippen MR) is 210 cm³/mol. The Morgan fingerprint density at radius 1 is 1.06 bits per heavy atom. The van der Waals surface area contributed by atoms with Gasteiger partial charge in [0.05, 0.1) is 12.7 Å². The van der Waals surface area contributed by atoms with E-state index in [0.29, 0.717) is 45.3 Å². The van der Waals surface area contributed by atoms with E-state index in [1.807, 2.05) is 6.26 Å². The standard InChI is InChI=1S/C17H23N.C16H28N2O4.C6H15O2PS/c1-4-8-17-14(5-2)11-12-15-9-6-7-10-16(15)13-18(17)3;19-12-6-2-3-7-15(21)17-10-5-1-4-8-16(22)18-11-9-14(20)13-18;1-4-5-6-8-9(7-2)10-3/h4,6-10H,5,11-13H2,1-3H3;12,14,20H,1-11,13H2,(H,17,21);4-6H2,1-3H3/b8-4-,17-14-;;. The fraction of sp³-hybridized carbons (Fsp3) is 0.667. The number of amides is 2. The summed E-state index contributed by atoms with van der Waals surface area (Å²) in [5, 5.41) is 12.2. The van der Waals surface area contributed by atoms with E-state index in [1.165, 1.54) is 36.1 Å². The number of benzene rings is 1. The second kappa shape index (κ2) is 29.4. The lowest BCUT2D eigenvalue weighted by atomic mass is 9.94. The number of nitrogens with zero attached hydrogens (tertiary/aromatic N) is 2. The molecule has 2 aliphatic heterocycles. The van der Waals surface area contributed by atoms with Crippen LogP contribution in [0.5, 0.6) is 0 Å². The van der Waals surface area contributed by atoms with Crippen molar-refractivity contribution in [1.29, 1.82) is 0 Å². The molecule has 2 heterocycles. The highest BCUT2D eigenvalue weighted by atomic mass is 32.7. The molecule has 2 atom stereocenters. The van der Waals surface area contributed by atoms with Crippen LogP contribution in [0, 0.1) is 0 Å². The van der Waals surface area contributed by atoms with Crippen molar-refractivity contribution >= 4 is 37.1 Å². The van der Waals surface area contributed by atoms with Crippen LogP contribution in [0.25, 0.3) is 0 Å². The quantitative estimate of drug-likeness (QED) is 0.0830. The van der Waals surface area contributed by atoms with Gasteiger partial charge in [-0.05, 0) is 93.7 Å². The summed E-state index contributed by atoms with van der Waals surface area (Å²) in [5.74, 6) is 0.156. The molecule has 11 heteroatoms. The number of carbonyl (C=O) groups is 3. The van der Waals surface area contributed by atoms with Gasteiger partial charge >= 0.3 is 0 Å². The molecule has 3 rings (SSSR count). The number of unbranched alkanes of at least 4 members (excludes halogenated alkanes) is 5. The largest absolute Gasteiger partial charge is 0.391 e. The molecule has 1 aromatic rings. The number of aryl methyl sites for hydroxylation is 1. The van der Waals surface area contributed by atoms with Crippen molar-refractivity contribution in [2.45, 2.75) is 123 Å². The fourth-order valence-corrected chi connectivity index (χ4v) is 7.36. The molecule has 284 valence electrons. The van der Waals surface area contributed by atoms with Gasteiger partial charge in [0.1, 0.15) is 6.29 Å². The summed E-state index contributed by atoms with van der Waals surface area (Å²) in [5.41, 5.74) is 5.96. The number of aliphatic hydroxyl groups excluding tert-OH is 1. The van der Waals surface area contributed by atoms with E-state index in [-0.39, 0.29) is 17.9 Å². The monoisotopic (exact) mass is 735 g/mol. The van der Waals surface area contributed by atoms with E-state index in [0.717, 1.165) is 64.4 Å². The zero-order chi connectivity index (χ0) is 37.0. The molecule has 2 amide bonds. The van der Waals surface area contributed by atoms with Crippen LogP contribution in [0.2, 0.25) is 0 Å². The Kier molecular flexibility index (Phi) is 26.9. The summed E-state index contributed by atoms with van der Waals surface area (Å²) in [6, 6.07) is 8.84. The number of hydrogen-bond donors (Lipinski definition) is 2. The molecule has 1 saturated heterocycles. The maximum absolute atomic E-state index is 11.8. The van der Waals surface area contributed by atoms with Crippen LogP contribution in [0.1, 0.15) is 115 Å². The first-order chi connectivity index (χ1) is 24.2. The summed E-state index contributed by atoms with van der Waals surface area (Å²) < 4.78 is 10.4. The third kappa shape index (κ3) is 20.0. The summed E-state index contributed by atoms with van der Waals surface area (Å²) in [7, 11) is 3.24. The lowest BCUT2D eigenvalue weighted by molar-refractivity contribution is -0.130. The lowest BCUT2D eigenvalue weighted by Crippen LogP contribution is -2.29. The minimum absolute atomic E-state index is 0.0352. The fourth-order valence-electron chi connectivity index (χ4n) is 5.74. The van der Waals surface area contributed by atoms with Crippen LogP contribution >= 0.6 is 19.0 Å². The van der Waals surface area contributed by atoms with Crippen LogP contribution in [-0.2, 0) is 36.4 Å². The van der Waals surface area contributed by atoms with Crippen molar-refractivity contribution in [3.8, 4) is 0 Å². The van der Waals surface area contributed by atoms with E-state index < -0.39 is 7.58 Å². The Labute approximate surface area is 308 Å². The first-order valence-corrected chi connectivity index (χ1v) is 21.5. The van der Waals surface area contributed by atoms with Gasteiger partial charge in [0.15, 0.2) is 0 Å². The highest BCUT2D eigenvalue weighted by molar-refractivity contribution is 8.52. The zero-order valence-electron chi connectivity index (χ0n) is 31.8. The highest BCUT2D eigenvalue weighted by Gasteiger charge is 2.23. The Morgan fingerprint density at radius 2 is 1.80 bits per heavy atom. The number of allylic oxidation sites excluding steroid dienone is 3. The van der Waals surface area contributed by atoms with E-state index in [2.05, 4.69) is 74.5 Å². The molecule has 0 radical (unpaired) electrons. The molecule has 2 aliphatic rings. The van der Waals surface area contributed by atoms with E-state index in [1.54, 1.807) is 29.0 Å². The SMILES string of the molecule is C/C=C\C1=C(/CC)CCc2ccccc2CN1C.CCCCOP(OC)SC.O=CCCCCC(=O)NCCCCCC(=O)N1CCC(O)C1. The number of β-amino-alcohol motifs (C(OH)–C–C–N with tert-alkyl or cyclic N) is 1. The van der Waals surface area contributed by atoms with Gasteiger partial charge in [-0.25, -0.2) is 0 Å². The van der Waals surface area contributed by atoms with E-state index in [4.69, 9.17) is 9.05 Å². The number of fused-ring (bicyclic) bond motifs is 1. The summed E-state index contributed by atoms with van der Waals surface area (Å²) in [4.78, 5) is 37.5. The molecule has 0 aliphatic carbocycles. The zero-order valence-corrected chi connectivity index (χ0v) is 33.5. The second-order valence-electron chi connectivity index (χ2n) is 12.6. The number of aliphatic hydroxyl groups is 1. The maximum Gasteiger partial charge on any atom is 0.237 e. The van der Waals surface area contributed by atoms with Crippen LogP contribution in [0.15, 0.2) is 47.7 Å². The number of hydrogen-bond acceptors (Lipinski definition) is 8. The van der Waals surface area contributed by atoms with Crippen molar-refractivity contribution in [1.82, 2.24) is 15.1 Å². The van der Waals surface area contributed by atoms with Gasteiger partial charge in [-0.2, -0.15) is 0 Å². The summed E-state index contributed by atoms with van der Waals surface area (Å²) in [6.45, 7) is 10.1. The maximum atomic E-state index is 11.8. The second-order valence-corrected chi connectivity index (χ2v) is 16.0. The van der Waals surface area contributed by atoms with Gasteiger partial charge in [0.25, 0.3) is 0 Å². The third-order valence-electron chi connectivity index (χ3n) is 8.62. The number of aldehydes is 1. The average molecular weight is 736 g/mol. The molecular formula is C39H66N3O6PS. The van der Waals surface area contributed by atoms with Gasteiger partial charge in [0, 0.05) is 65.3 Å². The van der Waals surface area contributed by atoms with E-state index >= 15 is 0 Å². The molecule has 1 aromatic carbocycles. The predicted octanol–water partition coefficient (Wildman–Crippen LogP) is 8.36. The van der Waals surface area contributed by atoms with Crippen molar-refractivity contribution in [2.24, 2.45) is 0 Å². The van der Waals surface area contributed by atoms with Crippen LogP contribution in [0.4, 0.5) is 0 Å². The van der Waals surface area contributed by atoms with Crippen LogP contribution < -0.4 is 5.32 Å². The summed E-state index contributed by atoms with van der Waals surface area (Å²) >= 11 is 1.64. The summed E-state index contributed by atoms with van der Waals surface area (Å²) in [6.07, 6.45) is 19.1. The first-order valence-electron chi connectivity index (χ1n) is 18.5. The molecule has 9 nitrogen and oxygen atoms in total. The van der Waals surface area contributed by atoms with Gasteiger partial charge in [-0.1, -0.05) is 68.4 Å². The van der Waals surface area contributed by atoms with Gasteiger partial charge in [0.2, 0.25) is 19.4 Å². The number of likely N-dealkylation sites (N-methyl/N-ethyl adjacent to an activating group) is 1. The Balaban J connectivity index is 0.000000401. The molecule has 2 N–H and O–H groups in total. The molecule has 50 heavy (non-hydrogen) atoms. The number of rotatable bonds is 19. The normalized spacial score (nSPS) is 17.9. The van der Waals surface area contributed by atoms with Crippen LogP contribution in [-0.4, -0.2) is 85.8 Å². The molecule has 0 spiro atoms. The van der Waals surface area contributed by atoms with E-state index in [9.17, 15) is 19.5 Å². The minimum atomic E-state index is -0.651. The first kappa shape index (κ1) is 45.8. The molecular weight excluding hydrogens is 669 g/mol. The lowest BCUT2D eigenvalue weighted by Gasteiger charge is -2.28. The third-order valence-corrected chi connectivity index (χ3v) is 11.3.